The fraction of sp³-hybridized carbons (Fsp3) is 0.400. The van der Waals surface area contributed by atoms with Crippen molar-refractivity contribution in [3.63, 3.8) is 0 Å². The largest absolute Gasteiger partial charge is 0.495 e. The Morgan fingerprint density at radius 3 is 2.77 bits per heavy atom. The summed E-state index contributed by atoms with van der Waals surface area (Å²) in [5.74, 6) is 0.729. The Kier molecular flexibility index (Phi) is 2.86. The number of aryl methyl sites for hydroxylation is 2. The van der Waals surface area contributed by atoms with E-state index in [0.717, 1.165) is 22.7 Å². The van der Waals surface area contributed by atoms with E-state index in [9.17, 15) is 0 Å². The number of nitrogens with zero attached hydrogens (tertiary/aromatic N) is 2. The van der Waals surface area contributed by atoms with Crippen molar-refractivity contribution in [2.24, 2.45) is 0 Å². The smallest absolute Gasteiger partial charge is 0.144 e. The molecule has 0 bridgehead atoms. The van der Waals surface area contributed by atoms with Gasteiger partial charge < -0.3 is 4.74 Å². The van der Waals surface area contributed by atoms with Gasteiger partial charge in [0, 0.05) is 11.3 Å². The lowest BCUT2D eigenvalue weighted by Gasteiger charge is -2.09. The van der Waals surface area contributed by atoms with Crippen molar-refractivity contribution in [3.8, 4) is 11.8 Å². The summed E-state index contributed by atoms with van der Waals surface area (Å²) in [5, 5.41) is 8.60. The summed E-state index contributed by atoms with van der Waals surface area (Å²) in [4.78, 5) is 4.25. The molecule has 13 heavy (non-hydrogen) atoms. The average Bonchev–Trinajstić information content (AvgIpc) is 2.04. The summed E-state index contributed by atoms with van der Waals surface area (Å²) >= 11 is 0. The number of aromatic nitrogens is 1. The summed E-state index contributed by atoms with van der Waals surface area (Å²) in [6.07, 6.45) is 0.368. The molecule has 0 spiro atoms. The third-order valence-electron chi connectivity index (χ3n) is 1.82. The first kappa shape index (κ1) is 9.53. The van der Waals surface area contributed by atoms with E-state index >= 15 is 0 Å². The van der Waals surface area contributed by atoms with Gasteiger partial charge in [0.2, 0.25) is 0 Å². The molecule has 1 heterocycles. The van der Waals surface area contributed by atoms with E-state index in [1.54, 1.807) is 7.11 Å². The van der Waals surface area contributed by atoms with Crippen LogP contribution < -0.4 is 4.74 Å². The van der Waals surface area contributed by atoms with Crippen molar-refractivity contribution in [1.29, 1.82) is 5.26 Å². The van der Waals surface area contributed by atoms with E-state index in [2.05, 4.69) is 11.1 Å². The molecule has 0 saturated heterocycles. The van der Waals surface area contributed by atoms with Gasteiger partial charge in [-0.25, -0.2) is 0 Å². The molecule has 3 nitrogen and oxygen atoms in total. The second kappa shape index (κ2) is 3.90. The number of ether oxygens (including phenoxy) is 1. The number of rotatable bonds is 2. The highest BCUT2D eigenvalue weighted by Crippen LogP contribution is 2.22. The third kappa shape index (κ3) is 1.97. The molecule has 0 atom stereocenters. The van der Waals surface area contributed by atoms with Gasteiger partial charge >= 0.3 is 0 Å². The molecule has 0 aromatic carbocycles. The van der Waals surface area contributed by atoms with Gasteiger partial charge in [-0.15, -0.1) is 0 Å². The van der Waals surface area contributed by atoms with Gasteiger partial charge in [-0.1, -0.05) is 0 Å². The van der Waals surface area contributed by atoms with Crippen LogP contribution in [0.15, 0.2) is 6.07 Å². The quantitative estimate of drug-likeness (QED) is 0.689. The Morgan fingerprint density at radius 1 is 1.54 bits per heavy atom. The topological polar surface area (TPSA) is 45.9 Å². The van der Waals surface area contributed by atoms with Gasteiger partial charge in [0.05, 0.1) is 25.3 Å². The molecule has 0 unspecified atom stereocenters. The molecule has 0 saturated carbocycles. The molecular formula is C10H12N2O. The van der Waals surface area contributed by atoms with Crippen LogP contribution in [0, 0.1) is 25.2 Å². The zero-order valence-corrected chi connectivity index (χ0v) is 8.09. The molecular weight excluding hydrogens is 164 g/mol. The van der Waals surface area contributed by atoms with Crippen molar-refractivity contribution in [2.45, 2.75) is 20.3 Å². The standard InChI is InChI=1S/C10H12N2O/c1-7-6-9(4-5-11)10(13-3)8(2)12-7/h6H,4H2,1-3H3. The van der Waals surface area contributed by atoms with Gasteiger partial charge in [-0.05, 0) is 19.9 Å². The molecule has 1 aromatic heterocycles. The van der Waals surface area contributed by atoms with Crippen LogP contribution in [0.2, 0.25) is 0 Å². The SMILES string of the molecule is COc1c(CC#N)cc(C)nc1C. The van der Waals surface area contributed by atoms with Crippen molar-refractivity contribution in [2.75, 3.05) is 7.11 Å². The lowest BCUT2D eigenvalue weighted by Crippen LogP contribution is -1.98. The lowest BCUT2D eigenvalue weighted by atomic mass is 10.1. The number of nitriles is 1. The monoisotopic (exact) mass is 176 g/mol. The van der Waals surface area contributed by atoms with Gasteiger partial charge in [0.25, 0.3) is 0 Å². The minimum Gasteiger partial charge on any atom is -0.495 e. The van der Waals surface area contributed by atoms with E-state index in [1.807, 2.05) is 19.9 Å². The van der Waals surface area contributed by atoms with Crippen LogP contribution in [0.25, 0.3) is 0 Å². The maximum Gasteiger partial charge on any atom is 0.144 e. The Morgan fingerprint density at radius 2 is 2.23 bits per heavy atom. The summed E-state index contributed by atoms with van der Waals surface area (Å²) in [6, 6.07) is 3.99. The van der Waals surface area contributed by atoms with Crippen LogP contribution in [-0.2, 0) is 6.42 Å². The molecule has 0 radical (unpaired) electrons. The van der Waals surface area contributed by atoms with Crippen molar-refractivity contribution >= 4 is 0 Å². The van der Waals surface area contributed by atoms with E-state index in [1.165, 1.54) is 0 Å². The van der Waals surface area contributed by atoms with Crippen LogP contribution in [0.3, 0.4) is 0 Å². The predicted octanol–water partition coefficient (Wildman–Crippen LogP) is 1.77. The molecule has 3 heteroatoms. The molecule has 0 amide bonds. The maximum atomic E-state index is 8.60. The lowest BCUT2D eigenvalue weighted by molar-refractivity contribution is 0.405. The minimum absolute atomic E-state index is 0.368. The van der Waals surface area contributed by atoms with E-state index in [-0.39, 0.29) is 0 Å². The number of methoxy groups -OCH3 is 1. The molecule has 0 aliphatic rings. The number of hydrogen-bond acceptors (Lipinski definition) is 3. The molecule has 0 aliphatic carbocycles. The molecule has 1 rings (SSSR count). The van der Waals surface area contributed by atoms with Crippen LogP contribution in [0.4, 0.5) is 0 Å². The van der Waals surface area contributed by atoms with Crippen molar-refractivity contribution in [3.05, 3.63) is 23.0 Å². The third-order valence-corrected chi connectivity index (χ3v) is 1.82. The Balaban J connectivity index is 3.23. The normalized spacial score (nSPS) is 9.38. The fourth-order valence-electron chi connectivity index (χ4n) is 1.39. The van der Waals surface area contributed by atoms with Gasteiger partial charge in [0.15, 0.2) is 0 Å². The second-order valence-corrected chi connectivity index (χ2v) is 2.88. The zero-order chi connectivity index (χ0) is 9.84. The Labute approximate surface area is 78.0 Å². The number of pyridine rings is 1. The molecule has 0 aliphatic heterocycles. The summed E-state index contributed by atoms with van der Waals surface area (Å²) in [7, 11) is 1.60. The highest BCUT2D eigenvalue weighted by atomic mass is 16.5. The van der Waals surface area contributed by atoms with Gasteiger partial charge in [-0.2, -0.15) is 5.26 Å². The van der Waals surface area contributed by atoms with E-state index < -0.39 is 0 Å². The zero-order valence-electron chi connectivity index (χ0n) is 8.09. The Bertz CT molecular complexity index is 353. The highest BCUT2D eigenvalue weighted by molar-refractivity contribution is 5.39. The number of hydrogen-bond donors (Lipinski definition) is 0. The second-order valence-electron chi connectivity index (χ2n) is 2.88. The first-order valence-corrected chi connectivity index (χ1v) is 4.07. The highest BCUT2D eigenvalue weighted by Gasteiger charge is 2.07. The molecule has 0 fully saturated rings. The minimum atomic E-state index is 0.368. The van der Waals surface area contributed by atoms with Crippen LogP contribution in [0.1, 0.15) is 17.0 Å². The molecule has 0 N–H and O–H groups in total. The van der Waals surface area contributed by atoms with E-state index in [0.29, 0.717) is 6.42 Å². The summed E-state index contributed by atoms with van der Waals surface area (Å²) < 4.78 is 5.17. The average molecular weight is 176 g/mol. The predicted molar refractivity (Wildman–Crippen MR) is 49.6 cm³/mol. The summed E-state index contributed by atoms with van der Waals surface area (Å²) in [5.41, 5.74) is 2.67. The Hall–Kier alpha value is -1.56. The van der Waals surface area contributed by atoms with Crippen molar-refractivity contribution in [1.82, 2.24) is 4.98 Å². The first-order chi connectivity index (χ1) is 6.19. The molecule has 68 valence electrons. The first-order valence-electron chi connectivity index (χ1n) is 4.07. The van der Waals surface area contributed by atoms with Gasteiger partial charge in [0.1, 0.15) is 5.75 Å². The van der Waals surface area contributed by atoms with Crippen LogP contribution in [0.5, 0.6) is 5.75 Å². The summed E-state index contributed by atoms with van der Waals surface area (Å²) in [6.45, 7) is 3.79. The van der Waals surface area contributed by atoms with Crippen molar-refractivity contribution < 1.29 is 4.74 Å². The fourth-order valence-corrected chi connectivity index (χ4v) is 1.39. The maximum absolute atomic E-state index is 8.60. The van der Waals surface area contributed by atoms with Gasteiger partial charge in [-0.3, -0.25) is 4.98 Å². The van der Waals surface area contributed by atoms with E-state index in [4.69, 9.17) is 10.00 Å². The van der Waals surface area contributed by atoms with Crippen LogP contribution >= 0.6 is 0 Å². The van der Waals surface area contributed by atoms with Crippen LogP contribution in [-0.4, -0.2) is 12.1 Å². The molecule has 1 aromatic rings.